The molecule has 0 aromatic heterocycles. The summed E-state index contributed by atoms with van der Waals surface area (Å²) in [7, 11) is 0. The summed E-state index contributed by atoms with van der Waals surface area (Å²) in [5.74, 6) is -0.235. The van der Waals surface area contributed by atoms with E-state index in [-0.39, 0.29) is 11.7 Å². The Balaban J connectivity index is 2.32. The van der Waals surface area contributed by atoms with Crippen LogP contribution in [-0.2, 0) is 4.79 Å². The van der Waals surface area contributed by atoms with Gasteiger partial charge in [-0.2, -0.15) is 0 Å². The molecule has 0 heterocycles. The lowest BCUT2D eigenvalue weighted by Gasteiger charge is -2.18. The highest BCUT2D eigenvalue weighted by Gasteiger charge is 2.22. The largest absolute Gasteiger partial charge is 0.342 e. The van der Waals surface area contributed by atoms with Crippen LogP contribution in [0.4, 0.5) is 0 Å². The highest BCUT2D eigenvalue weighted by atomic mass is 16.2. The van der Waals surface area contributed by atoms with E-state index in [0.29, 0.717) is 12.0 Å². The van der Waals surface area contributed by atoms with Crippen LogP contribution in [0.5, 0.6) is 0 Å². The molecule has 1 N–H and O–H groups in total. The number of rotatable bonds is 5. The minimum atomic E-state index is -0.633. The Morgan fingerprint density at radius 3 is 2.05 bits per heavy atom. The Labute approximate surface area is 118 Å². The lowest BCUT2D eigenvalue weighted by Crippen LogP contribution is -2.33. The van der Waals surface area contributed by atoms with Crippen LogP contribution in [-0.4, -0.2) is 11.7 Å². The summed E-state index contributed by atoms with van der Waals surface area (Å²) in [6.45, 7) is 1.77. The molecule has 0 saturated carbocycles. The number of Topliss-reactive ketones (excluding diaryl/α,β-unsaturated/α-hetero) is 1. The average molecular weight is 267 g/mol. The number of ketones is 1. The molecule has 2 aromatic carbocycles. The molecule has 0 saturated heterocycles. The molecular weight excluding hydrogens is 250 g/mol. The summed E-state index contributed by atoms with van der Waals surface area (Å²) in [5.41, 5.74) is 1.39. The van der Waals surface area contributed by atoms with Crippen molar-refractivity contribution in [2.75, 3.05) is 0 Å². The second kappa shape index (κ2) is 6.66. The standard InChI is InChI=1S/C17H17NO2/c1-2-15(19)18-16(13-9-5-3-6-10-13)17(20)14-11-7-4-8-12-14/h3-12,16H,2H2,1H3,(H,18,19). The molecule has 3 nitrogen and oxygen atoms in total. The molecule has 1 unspecified atom stereocenters. The van der Waals surface area contributed by atoms with E-state index in [1.165, 1.54) is 0 Å². The molecule has 0 radical (unpaired) electrons. The summed E-state index contributed by atoms with van der Waals surface area (Å²) < 4.78 is 0. The van der Waals surface area contributed by atoms with Crippen LogP contribution >= 0.6 is 0 Å². The number of hydrogen-bond acceptors (Lipinski definition) is 2. The van der Waals surface area contributed by atoms with Gasteiger partial charge in [-0.15, -0.1) is 0 Å². The van der Waals surface area contributed by atoms with Crippen LogP contribution in [0, 0.1) is 0 Å². The fraction of sp³-hybridized carbons (Fsp3) is 0.176. The first-order valence-electron chi connectivity index (χ1n) is 6.66. The predicted molar refractivity (Wildman–Crippen MR) is 78.4 cm³/mol. The second-order valence-electron chi connectivity index (χ2n) is 4.50. The van der Waals surface area contributed by atoms with Gasteiger partial charge < -0.3 is 5.32 Å². The van der Waals surface area contributed by atoms with Gasteiger partial charge in [-0.25, -0.2) is 0 Å². The molecule has 1 amide bonds. The van der Waals surface area contributed by atoms with Gasteiger partial charge in [0.25, 0.3) is 0 Å². The van der Waals surface area contributed by atoms with Crippen molar-refractivity contribution < 1.29 is 9.59 Å². The van der Waals surface area contributed by atoms with Crippen molar-refractivity contribution in [3.8, 4) is 0 Å². The molecule has 3 heteroatoms. The maximum atomic E-state index is 12.6. The van der Waals surface area contributed by atoms with Gasteiger partial charge >= 0.3 is 0 Å². The quantitative estimate of drug-likeness (QED) is 0.846. The maximum Gasteiger partial charge on any atom is 0.220 e. The Morgan fingerprint density at radius 1 is 0.950 bits per heavy atom. The highest BCUT2D eigenvalue weighted by Crippen LogP contribution is 2.18. The van der Waals surface area contributed by atoms with Gasteiger partial charge in [0.15, 0.2) is 5.78 Å². The molecule has 1 atom stereocenters. The zero-order valence-corrected chi connectivity index (χ0v) is 11.4. The SMILES string of the molecule is CCC(=O)NC(C(=O)c1ccccc1)c1ccccc1. The molecule has 0 aliphatic rings. The third-order valence-corrected chi connectivity index (χ3v) is 3.08. The molecule has 102 valence electrons. The number of benzene rings is 2. The number of nitrogens with one attached hydrogen (secondary N) is 1. The van der Waals surface area contributed by atoms with E-state index in [0.717, 1.165) is 5.56 Å². The molecule has 0 aliphatic carbocycles. The van der Waals surface area contributed by atoms with Crippen LogP contribution in [0.25, 0.3) is 0 Å². The number of amides is 1. The minimum absolute atomic E-state index is 0.0985. The number of carbonyl (C=O) groups excluding carboxylic acids is 2. The lowest BCUT2D eigenvalue weighted by atomic mass is 9.97. The molecule has 0 aliphatic heterocycles. The first-order chi connectivity index (χ1) is 9.72. The molecule has 2 aromatic rings. The van der Waals surface area contributed by atoms with Gasteiger partial charge in [0.05, 0.1) is 0 Å². The lowest BCUT2D eigenvalue weighted by molar-refractivity contribution is -0.121. The normalized spacial score (nSPS) is 11.7. The Bertz CT molecular complexity index is 578. The van der Waals surface area contributed by atoms with Crippen molar-refractivity contribution in [2.24, 2.45) is 0 Å². The van der Waals surface area contributed by atoms with E-state index in [2.05, 4.69) is 5.32 Å². The molecule has 2 rings (SSSR count). The van der Waals surface area contributed by atoms with Crippen molar-refractivity contribution in [3.63, 3.8) is 0 Å². The van der Waals surface area contributed by atoms with Crippen LogP contribution in [0.1, 0.15) is 35.3 Å². The van der Waals surface area contributed by atoms with E-state index >= 15 is 0 Å². The summed E-state index contributed by atoms with van der Waals surface area (Å²) in [6.07, 6.45) is 0.353. The monoisotopic (exact) mass is 267 g/mol. The van der Waals surface area contributed by atoms with Gasteiger partial charge in [0.2, 0.25) is 5.91 Å². The first-order valence-corrected chi connectivity index (χ1v) is 6.66. The van der Waals surface area contributed by atoms with Crippen molar-refractivity contribution in [3.05, 3.63) is 71.8 Å². The van der Waals surface area contributed by atoms with Gasteiger partial charge in [0.1, 0.15) is 6.04 Å². The minimum Gasteiger partial charge on any atom is -0.342 e. The summed E-state index contributed by atoms with van der Waals surface area (Å²) in [6, 6.07) is 17.7. The van der Waals surface area contributed by atoms with E-state index in [1.807, 2.05) is 48.5 Å². The smallest absolute Gasteiger partial charge is 0.220 e. The van der Waals surface area contributed by atoms with Crippen molar-refractivity contribution in [1.29, 1.82) is 0 Å². The van der Waals surface area contributed by atoms with Crippen LogP contribution < -0.4 is 5.32 Å². The number of hydrogen-bond donors (Lipinski definition) is 1. The fourth-order valence-electron chi connectivity index (χ4n) is 1.98. The second-order valence-corrected chi connectivity index (χ2v) is 4.50. The van der Waals surface area contributed by atoms with E-state index < -0.39 is 6.04 Å². The van der Waals surface area contributed by atoms with Crippen LogP contribution in [0.3, 0.4) is 0 Å². The van der Waals surface area contributed by atoms with Crippen molar-refractivity contribution >= 4 is 11.7 Å². The Morgan fingerprint density at radius 2 is 1.50 bits per heavy atom. The topological polar surface area (TPSA) is 46.2 Å². The first kappa shape index (κ1) is 14.0. The Kier molecular flexibility index (Phi) is 4.66. The summed E-state index contributed by atoms with van der Waals surface area (Å²) in [4.78, 5) is 24.2. The third kappa shape index (κ3) is 3.32. The Hall–Kier alpha value is -2.42. The van der Waals surface area contributed by atoms with E-state index in [9.17, 15) is 9.59 Å². The van der Waals surface area contributed by atoms with Gasteiger partial charge in [0, 0.05) is 12.0 Å². The van der Waals surface area contributed by atoms with Crippen LogP contribution in [0.15, 0.2) is 60.7 Å². The van der Waals surface area contributed by atoms with Gasteiger partial charge in [-0.3, -0.25) is 9.59 Å². The van der Waals surface area contributed by atoms with Crippen LogP contribution in [0.2, 0.25) is 0 Å². The molecule has 20 heavy (non-hydrogen) atoms. The zero-order valence-electron chi connectivity index (χ0n) is 11.4. The predicted octanol–water partition coefficient (Wildman–Crippen LogP) is 3.14. The number of carbonyl (C=O) groups is 2. The molecular formula is C17H17NO2. The average Bonchev–Trinajstić information content (AvgIpc) is 2.53. The maximum absolute atomic E-state index is 12.6. The van der Waals surface area contributed by atoms with E-state index in [4.69, 9.17) is 0 Å². The zero-order chi connectivity index (χ0) is 14.4. The molecule has 0 fully saturated rings. The van der Waals surface area contributed by atoms with Gasteiger partial charge in [-0.1, -0.05) is 67.6 Å². The fourth-order valence-corrected chi connectivity index (χ4v) is 1.98. The van der Waals surface area contributed by atoms with Gasteiger partial charge in [-0.05, 0) is 5.56 Å². The highest BCUT2D eigenvalue weighted by molar-refractivity contribution is 6.02. The molecule has 0 spiro atoms. The third-order valence-electron chi connectivity index (χ3n) is 3.08. The van der Waals surface area contributed by atoms with E-state index in [1.54, 1.807) is 19.1 Å². The van der Waals surface area contributed by atoms with Crippen molar-refractivity contribution in [1.82, 2.24) is 5.32 Å². The molecule has 0 bridgehead atoms. The summed E-state index contributed by atoms with van der Waals surface area (Å²) in [5, 5.41) is 2.79. The van der Waals surface area contributed by atoms with Crippen molar-refractivity contribution in [2.45, 2.75) is 19.4 Å². The summed E-state index contributed by atoms with van der Waals surface area (Å²) >= 11 is 0.